The maximum atomic E-state index is 13.1. The lowest BCUT2D eigenvalue weighted by molar-refractivity contribution is -0.116. The van der Waals surface area contributed by atoms with Crippen molar-refractivity contribution in [3.05, 3.63) is 65.3 Å². The van der Waals surface area contributed by atoms with Crippen LogP contribution in [0.5, 0.6) is 0 Å². The summed E-state index contributed by atoms with van der Waals surface area (Å²) in [4.78, 5) is 21.9. The van der Waals surface area contributed by atoms with E-state index in [1.165, 1.54) is 23.5 Å². The lowest BCUT2D eigenvalue weighted by Gasteiger charge is -2.01. The minimum absolute atomic E-state index is 0.173. The van der Waals surface area contributed by atoms with Gasteiger partial charge in [-0.3, -0.25) is 14.5 Å². The highest BCUT2D eigenvalue weighted by atomic mass is 32.1. The van der Waals surface area contributed by atoms with E-state index in [2.05, 4.69) is 32.1 Å². The Hall–Kier alpha value is -3.44. The fourth-order valence-electron chi connectivity index (χ4n) is 3.02. The Morgan fingerprint density at radius 1 is 1.41 bits per heavy atom. The van der Waals surface area contributed by atoms with Gasteiger partial charge in [-0.1, -0.05) is 17.4 Å². The zero-order valence-electron chi connectivity index (χ0n) is 17.1. The van der Waals surface area contributed by atoms with E-state index in [1.54, 1.807) is 24.4 Å². The van der Waals surface area contributed by atoms with Crippen molar-refractivity contribution in [1.29, 1.82) is 0 Å². The second-order valence-corrected chi connectivity index (χ2v) is 8.24. The number of thiazole rings is 1. The van der Waals surface area contributed by atoms with Crippen molar-refractivity contribution in [1.82, 2.24) is 24.7 Å². The number of hydrogen-bond donors (Lipinski definition) is 2. The van der Waals surface area contributed by atoms with Crippen molar-refractivity contribution in [3.8, 4) is 22.0 Å². The fraction of sp³-hybridized carbons (Fsp3) is 0.190. The second-order valence-electron chi connectivity index (χ2n) is 6.86. The molecule has 2 N–H and O–H groups in total. The van der Waals surface area contributed by atoms with E-state index in [0.29, 0.717) is 40.3 Å². The molecule has 0 fully saturated rings. The number of anilines is 1. The SMILES string of the molecule is C=CCn1c(-c2sc(NC(=O)CCc3ncc(-c4ccc(F)cc4)o3)nc2C)n[nH]c1=S. The second kappa shape index (κ2) is 9.37. The van der Waals surface area contributed by atoms with E-state index in [-0.39, 0.29) is 18.1 Å². The highest BCUT2D eigenvalue weighted by molar-refractivity contribution is 7.71. The number of benzene rings is 1. The number of oxazole rings is 1. The highest BCUT2D eigenvalue weighted by Gasteiger charge is 2.17. The van der Waals surface area contributed by atoms with Crippen molar-refractivity contribution in [2.45, 2.75) is 26.3 Å². The number of amides is 1. The molecule has 3 heterocycles. The number of halogens is 1. The number of allylic oxidation sites excluding steroid dienone is 1. The van der Waals surface area contributed by atoms with E-state index in [4.69, 9.17) is 16.6 Å². The van der Waals surface area contributed by atoms with Gasteiger partial charge in [-0.15, -0.1) is 6.58 Å². The quantitative estimate of drug-likeness (QED) is 0.280. The first-order valence-corrected chi connectivity index (χ1v) is 10.9. The zero-order chi connectivity index (χ0) is 22.7. The summed E-state index contributed by atoms with van der Waals surface area (Å²) in [5, 5.41) is 10.3. The van der Waals surface area contributed by atoms with Gasteiger partial charge in [0.25, 0.3) is 0 Å². The average Bonchev–Trinajstić information content (AvgIpc) is 3.47. The Kier molecular flexibility index (Phi) is 6.37. The number of H-pyrrole nitrogens is 1. The topological polar surface area (TPSA) is 102 Å². The molecule has 0 aliphatic carbocycles. The number of rotatable bonds is 8. The number of nitrogens with zero attached hydrogens (tertiary/aromatic N) is 4. The van der Waals surface area contributed by atoms with Crippen molar-refractivity contribution in [2.75, 3.05) is 5.32 Å². The number of aromatic nitrogens is 5. The van der Waals surface area contributed by atoms with Crippen LogP contribution in [0.25, 0.3) is 22.0 Å². The summed E-state index contributed by atoms with van der Waals surface area (Å²) in [6.07, 6.45) is 3.79. The van der Waals surface area contributed by atoms with Crippen LogP contribution in [0, 0.1) is 17.5 Å². The summed E-state index contributed by atoms with van der Waals surface area (Å²) in [7, 11) is 0. The molecule has 0 bridgehead atoms. The Balaban J connectivity index is 1.39. The third kappa shape index (κ3) is 4.73. The third-order valence-corrected chi connectivity index (χ3v) is 5.94. The predicted octanol–water partition coefficient (Wildman–Crippen LogP) is 4.92. The monoisotopic (exact) mass is 470 g/mol. The molecule has 0 spiro atoms. The molecule has 0 saturated carbocycles. The van der Waals surface area contributed by atoms with Gasteiger partial charge < -0.3 is 9.73 Å². The first-order chi connectivity index (χ1) is 15.4. The molecule has 164 valence electrons. The van der Waals surface area contributed by atoms with E-state index >= 15 is 0 Å². The van der Waals surface area contributed by atoms with Gasteiger partial charge in [-0.05, 0) is 43.4 Å². The molecule has 11 heteroatoms. The van der Waals surface area contributed by atoms with Gasteiger partial charge in [0, 0.05) is 24.9 Å². The minimum Gasteiger partial charge on any atom is -0.441 e. The molecule has 32 heavy (non-hydrogen) atoms. The van der Waals surface area contributed by atoms with Crippen molar-refractivity contribution in [3.63, 3.8) is 0 Å². The molecule has 1 aromatic carbocycles. The summed E-state index contributed by atoms with van der Waals surface area (Å²) >= 11 is 6.58. The predicted molar refractivity (Wildman–Crippen MR) is 122 cm³/mol. The number of nitrogens with one attached hydrogen (secondary N) is 2. The summed E-state index contributed by atoms with van der Waals surface area (Å²) in [6, 6.07) is 5.93. The molecule has 0 saturated heterocycles. The first-order valence-electron chi connectivity index (χ1n) is 9.69. The maximum absolute atomic E-state index is 13.1. The number of carbonyl (C=O) groups is 1. The van der Waals surface area contributed by atoms with Crippen LogP contribution in [-0.4, -0.2) is 30.6 Å². The summed E-state index contributed by atoms with van der Waals surface area (Å²) in [6.45, 7) is 6.10. The molecule has 4 aromatic rings. The molecule has 8 nitrogen and oxygen atoms in total. The van der Waals surface area contributed by atoms with Crippen LogP contribution < -0.4 is 5.32 Å². The van der Waals surface area contributed by atoms with Gasteiger partial charge in [0.15, 0.2) is 27.4 Å². The highest BCUT2D eigenvalue weighted by Crippen LogP contribution is 2.31. The summed E-state index contributed by atoms with van der Waals surface area (Å²) in [5.74, 6) is 1.07. The summed E-state index contributed by atoms with van der Waals surface area (Å²) in [5.41, 5.74) is 1.45. The smallest absolute Gasteiger partial charge is 0.226 e. The summed E-state index contributed by atoms with van der Waals surface area (Å²) < 4.78 is 21.0. The van der Waals surface area contributed by atoms with Crippen LogP contribution in [0.1, 0.15) is 18.0 Å². The largest absolute Gasteiger partial charge is 0.441 e. The number of aryl methyl sites for hydroxylation is 2. The lowest BCUT2D eigenvalue weighted by atomic mass is 10.2. The van der Waals surface area contributed by atoms with Gasteiger partial charge in [-0.25, -0.2) is 14.4 Å². The van der Waals surface area contributed by atoms with Gasteiger partial charge in [0.05, 0.1) is 16.8 Å². The molecule has 0 aliphatic heterocycles. The van der Waals surface area contributed by atoms with E-state index < -0.39 is 0 Å². The molecular weight excluding hydrogens is 451 g/mol. The van der Waals surface area contributed by atoms with E-state index in [9.17, 15) is 9.18 Å². The number of aromatic amines is 1. The minimum atomic E-state index is -0.321. The molecule has 4 rings (SSSR count). The van der Waals surface area contributed by atoms with E-state index in [0.717, 1.165) is 16.1 Å². The van der Waals surface area contributed by atoms with Gasteiger partial charge in [0.1, 0.15) is 5.82 Å². The molecule has 1 amide bonds. The van der Waals surface area contributed by atoms with Gasteiger partial charge in [-0.2, -0.15) is 5.10 Å². The normalized spacial score (nSPS) is 10.9. The lowest BCUT2D eigenvalue weighted by Crippen LogP contribution is -2.12. The molecule has 0 aliphatic rings. The van der Waals surface area contributed by atoms with Crippen LogP contribution in [0.2, 0.25) is 0 Å². The zero-order valence-corrected chi connectivity index (χ0v) is 18.7. The number of hydrogen-bond acceptors (Lipinski definition) is 7. The molecule has 0 unspecified atom stereocenters. The standard InChI is InChI=1S/C21H19FN6O2S2/c1-3-10-28-19(26-27-21(28)31)18-12(2)24-20(32-18)25-16(29)8-9-17-23-11-15(30-17)13-4-6-14(22)7-5-13/h3-7,11H,1,8-10H2,2H3,(H,27,31)(H,24,25,29). The van der Waals surface area contributed by atoms with Crippen molar-refractivity contribution < 1.29 is 13.6 Å². The van der Waals surface area contributed by atoms with Crippen LogP contribution in [-0.2, 0) is 17.8 Å². The molecule has 0 atom stereocenters. The molecule has 0 radical (unpaired) electrons. The van der Waals surface area contributed by atoms with Crippen molar-refractivity contribution >= 4 is 34.6 Å². The Morgan fingerprint density at radius 3 is 2.94 bits per heavy atom. The van der Waals surface area contributed by atoms with Crippen LogP contribution in [0.4, 0.5) is 9.52 Å². The van der Waals surface area contributed by atoms with Crippen LogP contribution in [0.3, 0.4) is 0 Å². The Morgan fingerprint density at radius 2 is 2.19 bits per heavy atom. The fourth-order valence-corrected chi connectivity index (χ4v) is 4.21. The average molecular weight is 471 g/mol. The number of carbonyl (C=O) groups excluding carboxylic acids is 1. The van der Waals surface area contributed by atoms with Crippen LogP contribution in [0.15, 0.2) is 47.5 Å². The molecule has 3 aromatic heterocycles. The van der Waals surface area contributed by atoms with Crippen molar-refractivity contribution in [2.24, 2.45) is 0 Å². The Bertz CT molecular complexity index is 1320. The maximum Gasteiger partial charge on any atom is 0.226 e. The van der Waals surface area contributed by atoms with E-state index in [1.807, 2.05) is 11.5 Å². The van der Waals surface area contributed by atoms with Gasteiger partial charge in [0.2, 0.25) is 5.91 Å². The third-order valence-electron chi connectivity index (χ3n) is 4.56. The van der Waals surface area contributed by atoms with Crippen LogP contribution >= 0.6 is 23.6 Å². The Labute approximate surface area is 191 Å². The first kappa shape index (κ1) is 21.8. The molecular formula is C21H19FN6O2S2. The van der Waals surface area contributed by atoms with Gasteiger partial charge >= 0.3 is 0 Å².